The molecule has 0 spiro atoms. The van der Waals surface area contributed by atoms with Gasteiger partial charge >= 0.3 is 0 Å². The Morgan fingerprint density at radius 2 is 1.81 bits per heavy atom. The Bertz CT molecular complexity index is 1210. The molecule has 7 nitrogen and oxygen atoms in total. The van der Waals surface area contributed by atoms with Gasteiger partial charge in [0.15, 0.2) is 0 Å². The topological polar surface area (TPSA) is 83.0 Å². The van der Waals surface area contributed by atoms with Gasteiger partial charge in [-0.2, -0.15) is 0 Å². The third-order valence-electron chi connectivity index (χ3n) is 5.39. The molecule has 4 aromatic rings. The van der Waals surface area contributed by atoms with E-state index in [2.05, 4.69) is 30.5 Å². The van der Waals surface area contributed by atoms with Gasteiger partial charge in [-0.25, -0.2) is 15.0 Å². The van der Waals surface area contributed by atoms with Crippen molar-refractivity contribution in [3.05, 3.63) is 78.8 Å². The molecule has 1 aliphatic rings. The van der Waals surface area contributed by atoms with Crippen LogP contribution < -0.4 is 15.5 Å². The lowest BCUT2D eigenvalue weighted by Crippen LogP contribution is -2.43. The van der Waals surface area contributed by atoms with Gasteiger partial charge in [0.05, 0.1) is 16.8 Å². The second-order valence-corrected chi connectivity index (χ2v) is 7.42. The molecule has 7 heteroatoms. The molecule has 0 atom stereocenters. The number of pyridine rings is 1. The number of carbonyl (C=O) groups is 1. The minimum atomic E-state index is -0.191. The second kappa shape index (κ2) is 8.49. The molecule has 2 aromatic carbocycles. The molecule has 1 saturated heterocycles. The van der Waals surface area contributed by atoms with E-state index in [1.54, 1.807) is 12.5 Å². The van der Waals surface area contributed by atoms with Crippen molar-refractivity contribution in [1.82, 2.24) is 20.3 Å². The van der Waals surface area contributed by atoms with Crippen LogP contribution in [0, 0.1) is 0 Å². The first-order chi connectivity index (χ1) is 15.3. The average molecular weight is 410 g/mol. The zero-order chi connectivity index (χ0) is 21.0. The Labute approximate surface area is 180 Å². The van der Waals surface area contributed by atoms with E-state index >= 15 is 0 Å². The summed E-state index contributed by atoms with van der Waals surface area (Å²) in [7, 11) is 0. The fourth-order valence-electron chi connectivity index (χ4n) is 3.78. The zero-order valence-electron chi connectivity index (χ0n) is 17.0. The van der Waals surface area contributed by atoms with Gasteiger partial charge in [0.2, 0.25) is 0 Å². The van der Waals surface area contributed by atoms with Crippen LogP contribution >= 0.6 is 0 Å². The van der Waals surface area contributed by atoms with Crippen LogP contribution in [0.15, 0.2) is 73.2 Å². The average Bonchev–Trinajstić information content (AvgIpc) is 2.84. The lowest BCUT2D eigenvalue weighted by atomic mass is 10.1. The summed E-state index contributed by atoms with van der Waals surface area (Å²) in [6, 6.07) is 19.3. The molecular formula is C24H22N6O. The van der Waals surface area contributed by atoms with Crippen LogP contribution in [0.3, 0.4) is 0 Å². The molecule has 0 bridgehead atoms. The number of amides is 1. The van der Waals surface area contributed by atoms with Crippen molar-refractivity contribution in [3.8, 4) is 11.3 Å². The summed E-state index contributed by atoms with van der Waals surface area (Å²) >= 11 is 0. The van der Waals surface area contributed by atoms with Crippen molar-refractivity contribution < 1.29 is 4.79 Å². The SMILES string of the molecule is O=C(Nc1cccc(-c2ncnc3ccccc23)c1)c1ccc(N2CCNCC2)nc1. The van der Waals surface area contributed by atoms with Crippen molar-refractivity contribution in [1.29, 1.82) is 0 Å². The lowest BCUT2D eigenvalue weighted by molar-refractivity contribution is 0.102. The Hall–Kier alpha value is -3.84. The van der Waals surface area contributed by atoms with E-state index in [1.807, 2.05) is 60.7 Å². The van der Waals surface area contributed by atoms with Crippen molar-refractivity contribution in [3.63, 3.8) is 0 Å². The minimum absolute atomic E-state index is 0.191. The number of benzene rings is 2. The molecule has 2 aromatic heterocycles. The molecular weight excluding hydrogens is 388 g/mol. The first kappa shape index (κ1) is 19.1. The van der Waals surface area contributed by atoms with Crippen molar-refractivity contribution >= 4 is 28.3 Å². The summed E-state index contributed by atoms with van der Waals surface area (Å²) in [5.74, 6) is 0.708. The molecule has 1 aliphatic heterocycles. The van der Waals surface area contributed by atoms with E-state index in [4.69, 9.17) is 0 Å². The number of hydrogen-bond acceptors (Lipinski definition) is 6. The second-order valence-electron chi connectivity index (χ2n) is 7.42. The normalized spacial score (nSPS) is 13.9. The first-order valence-electron chi connectivity index (χ1n) is 10.3. The fraction of sp³-hybridized carbons (Fsp3) is 0.167. The van der Waals surface area contributed by atoms with Crippen LogP contribution in [0.25, 0.3) is 22.2 Å². The highest BCUT2D eigenvalue weighted by molar-refractivity contribution is 6.04. The predicted molar refractivity (Wildman–Crippen MR) is 122 cm³/mol. The van der Waals surface area contributed by atoms with Gasteiger partial charge in [-0.15, -0.1) is 0 Å². The molecule has 0 radical (unpaired) electrons. The van der Waals surface area contributed by atoms with Gasteiger partial charge in [-0.3, -0.25) is 4.79 Å². The van der Waals surface area contributed by atoms with Gasteiger partial charge in [-0.05, 0) is 30.3 Å². The molecule has 1 fully saturated rings. The van der Waals surface area contributed by atoms with Crippen LogP contribution in [0.2, 0.25) is 0 Å². The summed E-state index contributed by atoms with van der Waals surface area (Å²) < 4.78 is 0. The maximum absolute atomic E-state index is 12.8. The van der Waals surface area contributed by atoms with Crippen LogP contribution in [0.5, 0.6) is 0 Å². The summed E-state index contributed by atoms with van der Waals surface area (Å²) in [4.78, 5) is 28.3. The Balaban J connectivity index is 1.35. The molecule has 154 valence electrons. The molecule has 0 unspecified atom stereocenters. The highest BCUT2D eigenvalue weighted by atomic mass is 16.1. The monoisotopic (exact) mass is 410 g/mol. The molecule has 0 saturated carbocycles. The van der Waals surface area contributed by atoms with Crippen molar-refractivity contribution in [2.75, 3.05) is 36.4 Å². The largest absolute Gasteiger partial charge is 0.354 e. The summed E-state index contributed by atoms with van der Waals surface area (Å²) in [6.45, 7) is 3.73. The van der Waals surface area contributed by atoms with Gasteiger partial charge in [0.1, 0.15) is 12.1 Å². The molecule has 31 heavy (non-hydrogen) atoms. The summed E-state index contributed by atoms with van der Waals surface area (Å²) in [6.07, 6.45) is 3.20. The van der Waals surface area contributed by atoms with E-state index in [-0.39, 0.29) is 5.91 Å². The highest BCUT2D eigenvalue weighted by Crippen LogP contribution is 2.27. The number of anilines is 2. The molecule has 5 rings (SSSR count). The van der Waals surface area contributed by atoms with Crippen LogP contribution in [-0.4, -0.2) is 47.0 Å². The molecule has 1 amide bonds. The number of piperazine rings is 1. The summed E-state index contributed by atoms with van der Waals surface area (Å²) in [5.41, 5.74) is 3.87. The van der Waals surface area contributed by atoms with Gasteiger partial charge < -0.3 is 15.5 Å². The number of nitrogens with zero attached hydrogens (tertiary/aromatic N) is 4. The van der Waals surface area contributed by atoms with E-state index in [9.17, 15) is 4.79 Å². The molecule has 2 N–H and O–H groups in total. The smallest absolute Gasteiger partial charge is 0.257 e. The third-order valence-corrected chi connectivity index (χ3v) is 5.39. The molecule has 0 aliphatic carbocycles. The number of aromatic nitrogens is 3. The third kappa shape index (κ3) is 4.08. The number of fused-ring (bicyclic) bond motifs is 1. The highest BCUT2D eigenvalue weighted by Gasteiger charge is 2.13. The predicted octanol–water partition coefficient (Wildman–Crippen LogP) is 3.35. The van der Waals surface area contributed by atoms with Crippen molar-refractivity contribution in [2.45, 2.75) is 0 Å². The first-order valence-corrected chi connectivity index (χ1v) is 10.3. The van der Waals surface area contributed by atoms with Crippen molar-refractivity contribution in [2.24, 2.45) is 0 Å². The lowest BCUT2D eigenvalue weighted by Gasteiger charge is -2.28. The number of rotatable bonds is 4. The number of nitrogens with one attached hydrogen (secondary N) is 2. The Morgan fingerprint density at radius 3 is 2.65 bits per heavy atom. The molecule has 3 heterocycles. The van der Waals surface area contributed by atoms with E-state index in [1.165, 1.54) is 0 Å². The number of carbonyl (C=O) groups excluding carboxylic acids is 1. The van der Waals surface area contributed by atoms with Gasteiger partial charge in [0.25, 0.3) is 5.91 Å². The van der Waals surface area contributed by atoms with Crippen LogP contribution in [-0.2, 0) is 0 Å². The standard InChI is InChI=1S/C24H22N6O/c31-24(18-8-9-22(26-15-18)30-12-10-25-11-13-30)29-19-5-3-4-17(14-19)23-20-6-1-2-7-21(20)27-16-28-23/h1-9,14-16,25H,10-13H2,(H,29,31). The van der Waals surface area contributed by atoms with Crippen LogP contribution in [0.4, 0.5) is 11.5 Å². The van der Waals surface area contributed by atoms with Crippen LogP contribution in [0.1, 0.15) is 10.4 Å². The maximum Gasteiger partial charge on any atom is 0.257 e. The summed E-state index contributed by atoms with van der Waals surface area (Å²) in [5, 5.41) is 7.27. The number of hydrogen-bond donors (Lipinski definition) is 2. The zero-order valence-corrected chi connectivity index (χ0v) is 17.0. The fourth-order valence-corrected chi connectivity index (χ4v) is 3.78. The quantitative estimate of drug-likeness (QED) is 0.537. The van der Waals surface area contributed by atoms with E-state index in [0.717, 1.165) is 54.2 Å². The van der Waals surface area contributed by atoms with Gasteiger partial charge in [-0.1, -0.05) is 30.3 Å². The number of para-hydroxylation sites is 1. The van der Waals surface area contributed by atoms with E-state index < -0.39 is 0 Å². The Morgan fingerprint density at radius 1 is 0.935 bits per heavy atom. The van der Waals surface area contributed by atoms with E-state index in [0.29, 0.717) is 11.3 Å². The maximum atomic E-state index is 12.8. The minimum Gasteiger partial charge on any atom is -0.354 e. The van der Waals surface area contributed by atoms with Gasteiger partial charge in [0, 0.05) is 49.0 Å². The Kier molecular flexibility index (Phi) is 5.24.